The van der Waals surface area contributed by atoms with Gasteiger partial charge in [0.2, 0.25) is 0 Å². The molecule has 0 saturated carbocycles. The van der Waals surface area contributed by atoms with Gasteiger partial charge in [-0.3, -0.25) is 0 Å². The maximum atomic E-state index is 10.4. The molecule has 1 aromatic carbocycles. The molecular formula is C10H14N4O2. The van der Waals surface area contributed by atoms with E-state index in [2.05, 4.69) is 10.6 Å². The number of hydrogen-bond donors (Lipinski definition) is 2. The third-order valence-electron chi connectivity index (χ3n) is 2.42. The van der Waals surface area contributed by atoms with Gasteiger partial charge in [0.15, 0.2) is 0 Å². The molecule has 0 aromatic heterocycles. The van der Waals surface area contributed by atoms with Crippen LogP contribution < -0.4 is 11.2 Å². The minimum Gasteiger partial charge on any atom is -0.397 e. The largest absolute Gasteiger partial charge is 0.397 e. The molecule has 6 heteroatoms. The summed E-state index contributed by atoms with van der Waals surface area (Å²) < 4.78 is 5.23. The Hall–Kier alpha value is -1.66. The lowest BCUT2D eigenvalue weighted by molar-refractivity contribution is 0.0497. The Morgan fingerprint density at radius 3 is 2.75 bits per heavy atom. The van der Waals surface area contributed by atoms with Crippen LogP contribution in [0.25, 0.3) is 0 Å². The second-order valence-electron chi connectivity index (χ2n) is 3.58. The van der Waals surface area contributed by atoms with E-state index in [4.69, 9.17) is 10.5 Å². The van der Waals surface area contributed by atoms with Crippen LogP contribution in [0.4, 0.5) is 17.1 Å². The standard InChI is InChI=1S/C10H14N4O2/c11-9-7-8(1-2-10(9)13-15)12-14-3-5-16-6-4-14/h1-2,7,12H,3-6,11H2. The van der Waals surface area contributed by atoms with Crippen LogP contribution in [0.2, 0.25) is 0 Å². The minimum absolute atomic E-state index is 0.271. The molecule has 0 amide bonds. The quantitative estimate of drug-likeness (QED) is 0.595. The number of nitrogen functional groups attached to an aromatic ring is 1. The molecule has 0 radical (unpaired) electrons. The fourth-order valence-electron chi connectivity index (χ4n) is 1.56. The summed E-state index contributed by atoms with van der Waals surface area (Å²) in [6, 6.07) is 5.08. The molecule has 0 aliphatic carbocycles. The molecule has 3 N–H and O–H groups in total. The van der Waals surface area contributed by atoms with Crippen LogP contribution in [-0.2, 0) is 4.74 Å². The van der Waals surface area contributed by atoms with Crippen molar-refractivity contribution in [3.63, 3.8) is 0 Å². The summed E-state index contributed by atoms with van der Waals surface area (Å²) in [4.78, 5) is 10.4. The van der Waals surface area contributed by atoms with Gasteiger partial charge in [-0.2, -0.15) is 0 Å². The zero-order valence-corrected chi connectivity index (χ0v) is 8.85. The number of hydrogen-bond acceptors (Lipinski definition) is 6. The molecule has 1 fully saturated rings. The van der Waals surface area contributed by atoms with Crippen LogP contribution in [0.5, 0.6) is 0 Å². The van der Waals surface area contributed by atoms with E-state index in [1.165, 1.54) is 0 Å². The average Bonchev–Trinajstić information content (AvgIpc) is 2.31. The van der Waals surface area contributed by atoms with Crippen LogP contribution >= 0.6 is 0 Å². The summed E-state index contributed by atoms with van der Waals surface area (Å²) in [5, 5.41) is 4.87. The van der Waals surface area contributed by atoms with Crippen LogP contribution in [0.3, 0.4) is 0 Å². The van der Waals surface area contributed by atoms with Crippen LogP contribution in [0.15, 0.2) is 23.4 Å². The number of benzene rings is 1. The van der Waals surface area contributed by atoms with Gasteiger partial charge >= 0.3 is 0 Å². The summed E-state index contributed by atoms with van der Waals surface area (Å²) in [6.07, 6.45) is 0. The lowest BCUT2D eigenvalue weighted by Crippen LogP contribution is -2.40. The number of anilines is 2. The summed E-state index contributed by atoms with van der Waals surface area (Å²) in [5.41, 5.74) is 10.4. The predicted octanol–water partition coefficient (Wildman–Crippen LogP) is 1.33. The van der Waals surface area contributed by atoms with Gasteiger partial charge in [0.25, 0.3) is 0 Å². The molecule has 16 heavy (non-hydrogen) atoms. The Labute approximate surface area is 93.3 Å². The number of nitrogens with one attached hydrogen (secondary N) is 1. The normalized spacial score (nSPS) is 17.0. The molecule has 2 rings (SSSR count). The molecule has 0 spiro atoms. The third kappa shape index (κ3) is 2.47. The fraction of sp³-hybridized carbons (Fsp3) is 0.400. The zero-order chi connectivity index (χ0) is 11.4. The molecule has 0 bridgehead atoms. The van der Waals surface area contributed by atoms with Crippen molar-refractivity contribution in [2.24, 2.45) is 5.18 Å². The summed E-state index contributed by atoms with van der Waals surface area (Å²) >= 11 is 0. The van der Waals surface area contributed by atoms with Gasteiger partial charge in [-0.05, 0) is 23.4 Å². The zero-order valence-electron chi connectivity index (χ0n) is 8.85. The number of morpholine rings is 1. The highest BCUT2D eigenvalue weighted by atomic mass is 16.5. The fourth-order valence-corrected chi connectivity index (χ4v) is 1.56. The predicted molar refractivity (Wildman–Crippen MR) is 62.3 cm³/mol. The highest BCUT2D eigenvalue weighted by molar-refractivity contribution is 5.68. The molecule has 1 heterocycles. The van der Waals surface area contributed by atoms with Crippen molar-refractivity contribution in [2.45, 2.75) is 0 Å². The van der Waals surface area contributed by atoms with Crippen molar-refractivity contribution in [3.05, 3.63) is 23.1 Å². The minimum atomic E-state index is 0.271. The van der Waals surface area contributed by atoms with Gasteiger partial charge in [-0.25, -0.2) is 5.01 Å². The molecule has 0 atom stereocenters. The first kappa shape index (κ1) is 10.8. The van der Waals surface area contributed by atoms with Crippen molar-refractivity contribution in [3.8, 4) is 0 Å². The van der Waals surface area contributed by atoms with Gasteiger partial charge in [-0.15, -0.1) is 4.91 Å². The Morgan fingerprint density at radius 2 is 2.12 bits per heavy atom. The van der Waals surface area contributed by atoms with Gasteiger partial charge in [0.05, 0.1) is 24.6 Å². The van der Waals surface area contributed by atoms with E-state index in [0.29, 0.717) is 5.69 Å². The van der Waals surface area contributed by atoms with E-state index in [0.717, 1.165) is 32.0 Å². The second-order valence-corrected chi connectivity index (χ2v) is 3.58. The molecule has 1 aromatic rings. The van der Waals surface area contributed by atoms with Crippen molar-refractivity contribution >= 4 is 17.1 Å². The first-order valence-electron chi connectivity index (χ1n) is 5.12. The number of nitrogens with zero attached hydrogens (tertiary/aromatic N) is 2. The number of nitroso groups, excluding NO2 is 1. The van der Waals surface area contributed by atoms with Crippen molar-refractivity contribution in [1.82, 2.24) is 5.01 Å². The first-order valence-corrected chi connectivity index (χ1v) is 5.12. The molecule has 1 aliphatic rings. The maximum absolute atomic E-state index is 10.4. The Morgan fingerprint density at radius 1 is 1.38 bits per heavy atom. The lowest BCUT2D eigenvalue weighted by Gasteiger charge is -2.28. The molecule has 86 valence electrons. The summed E-state index contributed by atoms with van der Waals surface area (Å²) in [6.45, 7) is 3.09. The van der Waals surface area contributed by atoms with E-state index in [9.17, 15) is 4.91 Å². The number of hydrazine groups is 1. The number of rotatable bonds is 3. The maximum Gasteiger partial charge on any atom is 0.131 e. The number of nitrogens with two attached hydrogens (primary N) is 1. The van der Waals surface area contributed by atoms with Crippen LogP contribution in [-0.4, -0.2) is 31.3 Å². The monoisotopic (exact) mass is 222 g/mol. The summed E-state index contributed by atoms with van der Waals surface area (Å²) in [7, 11) is 0. The van der Waals surface area contributed by atoms with E-state index in [1.54, 1.807) is 18.2 Å². The third-order valence-corrected chi connectivity index (χ3v) is 2.42. The highest BCUT2D eigenvalue weighted by Gasteiger charge is 2.10. The molecule has 6 nitrogen and oxygen atoms in total. The van der Waals surface area contributed by atoms with Gasteiger partial charge in [-0.1, -0.05) is 0 Å². The van der Waals surface area contributed by atoms with E-state index < -0.39 is 0 Å². The van der Waals surface area contributed by atoms with Crippen LogP contribution in [0, 0.1) is 4.91 Å². The first-order chi connectivity index (χ1) is 7.79. The van der Waals surface area contributed by atoms with E-state index in [-0.39, 0.29) is 5.69 Å². The second kappa shape index (κ2) is 4.91. The Balaban J connectivity index is 2.03. The van der Waals surface area contributed by atoms with E-state index in [1.807, 2.05) is 5.01 Å². The van der Waals surface area contributed by atoms with Gasteiger partial charge < -0.3 is 15.9 Å². The van der Waals surface area contributed by atoms with E-state index >= 15 is 0 Å². The highest BCUT2D eigenvalue weighted by Crippen LogP contribution is 2.25. The van der Waals surface area contributed by atoms with Crippen molar-refractivity contribution in [2.75, 3.05) is 37.5 Å². The van der Waals surface area contributed by atoms with Crippen molar-refractivity contribution < 1.29 is 4.74 Å². The molecule has 0 unspecified atom stereocenters. The molecular weight excluding hydrogens is 208 g/mol. The average molecular weight is 222 g/mol. The van der Waals surface area contributed by atoms with Crippen molar-refractivity contribution in [1.29, 1.82) is 0 Å². The topological polar surface area (TPSA) is 79.9 Å². The van der Waals surface area contributed by atoms with Gasteiger partial charge in [0, 0.05) is 13.1 Å². The number of ether oxygens (including phenoxy) is 1. The lowest BCUT2D eigenvalue weighted by atomic mass is 10.2. The smallest absolute Gasteiger partial charge is 0.131 e. The SMILES string of the molecule is Nc1cc(NN2CCOCC2)ccc1N=O. The molecule has 1 aliphatic heterocycles. The Bertz CT molecular complexity index is 377. The molecule has 1 saturated heterocycles. The Kier molecular flexibility index (Phi) is 3.33. The van der Waals surface area contributed by atoms with Gasteiger partial charge in [0.1, 0.15) is 5.69 Å². The summed E-state index contributed by atoms with van der Waals surface area (Å²) in [5.74, 6) is 0. The van der Waals surface area contributed by atoms with Crippen LogP contribution in [0.1, 0.15) is 0 Å².